The van der Waals surface area contributed by atoms with E-state index >= 15 is 0 Å². The zero-order chi connectivity index (χ0) is 19.9. The minimum absolute atomic E-state index is 0.169. The molecule has 0 amide bonds. The molecular formula is C21H21N5O3. The zero-order valence-corrected chi connectivity index (χ0v) is 15.8. The maximum Gasteiger partial charge on any atom is 0.358 e. The van der Waals surface area contributed by atoms with Crippen LogP contribution in [0.4, 0.5) is 5.82 Å². The van der Waals surface area contributed by atoms with Gasteiger partial charge in [0.1, 0.15) is 11.6 Å². The second-order valence-electron chi connectivity index (χ2n) is 6.75. The van der Waals surface area contributed by atoms with Crippen LogP contribution in [0.2, 0.25) is 0 Å². The summed E-state index contributed by atoms with van der Waals surface area (Å²) in [5.74, 6) is 1.71. The summed E-state index contributed by atoms with van der Waals surface area (Å²) in [4.78, 5) is 31.1. The Hall–Kier alpha value is -3.55. The zero-order valence-electron chi connectivity index (χ0n) is 15.8. The third-order valence-corrected chi connectivity index (χ3v) is 4.74. The Kier molecular flexibility index (Phi) is 5.89. The predicted octanol–water partition coefficient (Wildman–Crippen LogP) is 3.13. The Labute approximate surface area is 168 Å². The molecule has 1 aliphatic rings. The Bertz CT molecular complexity index is 914. The number of aromatic nitrogens is 4. The summed E-state index contributed by atoms with van der Waals surface area (Å²) in [6.45, 7) is 2.11. The van der Waals surface area contributed by atoms with Gasteiger partial charge in [-0.05, 0) is 30.9 Å². The highest BCUT2D eigenvalue weighted by molar-refractivity contribution is 5.86. The molecule has 0 spiro atoms. The van der Waals surface area contributed by atoms with Crippen LogP contribution in [0.5, 0.6) is 11.6 Å². The van der Waals surface area contributed by atoms with Crippen LogP contribution in [0.3, 0.4) is 0 Å². The molecule has 0 unspecified atom stereocenters. The fourth-order valence-corrected chi connectivity index (χ4v) is 3.13. The molecule has 0 radical (unpaired) electrons. The lowest BCUT2D eigenvalue weighted by Gasteiger charge is -2.32. The van der Waals surface area contributed by atoms with Crippen molar-refractivity contribution in [1.82, 2.24) is 19.9 Å². The van der Waals surface area contributed by atoms with Gasteiger partial charge in [0.2, 0.25) is 5.88 Å². The van der Waals surface area contributed by atoms with Gasteiger partial charge in [-0.3, -0.25) is 4.98 Å². The van der Waals surface area contributed by atoms with Gasteiger partial charge in [0.25, 0.3) is 0 Å². The topological polar surface area (TPSA) is 90.3 Å². The van der Waals surface area contributed by atoms with Gasteiger partial charge < -0.3 is 14.4 Å². The Morgan fingerprint density at radius 1 is 1.00 bits per heavy atom. The van der Waals surface area contributed by atoms with Crippen LogP contribution < -0.4 is 9.64 Å². The summed E-state index contributed by atoms with van der Waals surface area (Å²) in [6.07, 6.45) is 9.78. The number of esters is 1. The van der Waals surface area contributed by atoms with Gasteiger partial charge in [0.15, 0.2) is 5.69 Å². The standard InChI is InChI=1S/C21H21N5O3/c27-21(18-12-25-20(14-24-18)29-17-4-2-1-3-5-17)28-15-16-6-10-26(11-7-16)19-13-22-8-9-23-19/h1-5,8-9,12-14,16H,6-7,10-11,15H2. The lowest BCUT2D eigenvalue weighted by atomic mass is 9.98. The van der Waals surface area contributed by atoms with Gasteiger partial charge in [-0.15, -0.1) is 0 Å². The van der Waals surface area contributed by atoms with Crippen molar-refractivity contribution in [3.63, 3.8) is 0 Å². The summed E-state index contributed by atoms with van der Waals surface area (Å²) >= 11 is 0. The first-order valence-corrected chi connectivity index (χ1v) is 9.51. The molecule has 1 fully saturated rings. The number of carbonyl (C=O) groups excluding carboxylic acids is 1. The Morgan fingerprint density at radius 3 is 2.52 bits per heavy atom. The average Bonchev–Trinajstić information content (AvgIpc) is 2.80. The molecule has 148 valence electrons. The molecule has 4 rings (SSSR count). The third-order valence-electron chi connectivity index (χ3n) is 4.74. The SMILES string of the molecule is O=C(OCC1CCN(c2cnccn2)CC1)c1cnc(Oc2ccccc2)cn1. The van der Waals surface area contributed by atoms with Crippen LogP contribution in [0, 0.1) is 5.92 Å². The van der Waals surface area contributed by atoms with Crippen LogP contribution >= 0.6 is 0 Å². The number of benzene rings is 1. The van der Waals surface area contributed by atoms with Crippen LogP contribution in [0.25, 0.3) is 0 Å². The van der Waals surface area contributed by atoms with E-state index in [0.29, 0.717) is 24.2 Å². The largest absolute Gasteiger partial charge is 0.461 e. The quantitative estimate of drug-likeness (QED) is 0.592. The molecule has 1 aromatic carbocycles. The van der Waals surface area contributed by atoms with E-state index in [-0.39, 0.29) is 5.69 Å². The van der Waals surface area contributed by atoms with E-state index in [1.807, 2.05) is 30.3 Å². The molecule has 3 aromatic rings. The van der Waals surface area contributed by atoms with Crippen molar-refractivity contribution in [1.29, 1.82) is 0 Å². The molecule has 1 saturated heterocycles. The second-order valence-corrected chi connectivity index (χ2v) is 6.75. The van der Waals surface area contributed by atoms with Crippen LogP contribution in [0.1, 0.15) is 23.3 Å². The van der Waals surface area contributed by atoms with Gasteiger partial charge in [-0.25, -0.2) is 19.7 Å². The van der Waals surface area contributed by atoms with Crippen LogP contribution in [-0.4, -0.2) is 45.6 Å². The first kappa shape index (κ1) is 18.8. The summed E-state index contributed by atoms with van der Waals surface area (Å²) < 4.78 is 11.0. The smallest absolute Gasteiger partial charge is 0.358 e. The highest BCUT2D eigenvalue weighted by Gasteiger charge is 2.22. The van der Waals surface area contributed by atoms with Crippen molar-refractivity contribution in [2.24, 2.45) is 5.92 Å². The van der Waals surface area contributed by atoms with E-state index < -0.39 is 5.97 Å². The second kappa shape index (κ2) is 9.09. The minimum atomic E-state index is -0.472. The fraction of sp³-hybridized carbons (Fsp3) is 0.286. The number of anilines is 1. The molecule has 0 bridgehead atoms. The molecule has 0 N–H and O–H groups in total. The van der Waals surface area contributed by atoms with E-state index in [9.17, 15) is 4.79 Å². The van der Waals surface area contributed by atoms with Crippen molar-refractivity contribution >= 4 is 11.8 Å². The van der Waals surface area contributed by atoms with E-state index in [0.717, 1.165) is 31.7 Å². The predicted molar refractivity (Wildman–Crippen MR) is 106 cm³/mol. The van der Waals surface area contributed by atoms with Crippen molar-refractivity contribution in [3.05, 3.63) is 67.0 Å². The van der Waals surface area contributed by atoms with Gasteiger partial charge in [-0.2, -0.15) is 0 Å². The van der Waals surface area contributed by atoms with Gasteiger partial charge in [-0.1, -0.05) is 18.2 Å². The summed E-state index contributed by atoms with van der Waals surface area (Å²) in [5, 5.41) is 0. The lowest BCUT2D eigenvalue weighted by Crippen LogP contribution is -2.36. The van der Waals surface area contributed by atoms with Crippen molar-refractivity contribution in [2.75, 3.05) is 24.6 Å². The molecule has 29 heavy (non-hydrogen) atoms. The van der Waals surface area contributed by atoms with E-state index in [1.54, 1.807) is 18.6 Å². The third kappa shape index (κ3) is 5.04. The number of para-hydroxylation sites is 1. The molecular weight excluding hydrogens is 370 g/mol. The first-order chi connectivity index (χ1) is 14.3. The maximum atomic E-state index is 12.2. The van der Waals surface area contributed by atoms with Crippen LogP contribution in [-0.2, 0) is 4.74 Å². The molecule has 0 atom stereocenters. The highest BCUT2D eigenvalue weighted by atomic mass is 16.5. The highest BCUT2D eigenvalue weighted by Crippen LogP contribution is 2.22. The number of hydrogen-bond donors (Lipinski definition) is 0. The van der Waals surface area contributed by atoms with Crippen molar-refractivity contribution < 1.29 is 14.3 Å². The average molecular weight is 391 g/mol. The van der Waals surface area contributed by atoms with Gasteiger partial charge >= 0.3 is 5.97 Å². The monoisotopic (exact) mass is 391 g/mol. The molecule has 3 heterocycles. The molecule has 1 aliphatic heterocycles. The summed E-state index contributed by atoms with van der Waals surface area (Å²) in [6, 6.07) is 9.27. The Balaban J connectivity index is 1.24. The van der Waals surface area contributed by atoms with Crippen molar-refractivity contribution in [3.8, 4) is 11.6 Å². The lowest BCUT2D eigenvalue weighted by molar-refractivity contribution is 0.0413. The van der Waals surface area contributed by atoms with E-state index in [4.69, 9.17) is 9.47 Å². The fourth-order valence-electron chi connectivity index (χ4n) is 3.13. The van der Waals surface area contributed by atoms with E-state index in [1.165, 1.54) is 12.4 Å². The maximum absolute atomic E-state index is 12.2. The number of nitrogens with zero attached hydrogens (tertiary/aromatic N) is 5. The van der Waals surface area contributed by atoms with Gasteiger partial charge in [0, 0.05) is 25.5 Å². The molecule has 8 nitrogen and oxygen atoms in total. The van der Waals surface area contributed by atoms with Crippen molar-refractivity contribution in [2.45, 2.75) is 12.8 Å². The molecule has 2 aromatic heterocycles. The normalized spacial score (nSPS) is 14.4. The van der Waals surface area contributed by atoms with E-state index in [2.05, 4.69) is 24.8 Å². The number of rotatable bonds is 6. The van der Waals surface area contributed by atoms with Gasteiger partial charge in [0.05, 0.1) is 25.2 Å². The number of carbonyl (C=O) groups is 1. The molecule has 0 aliphatic carbocycles. The summed E-state index contributed by atoms with van der Waals surface area (Å²) in [5.41, 5.74) is 0.169. The first-order valence-electron chi connectivity index (χ1n) is 9.51. The number of ether oxygens (including phenoxy) is 2. The number of hydrogen-bond acceptors (Lipinski definition) is 8. The van der Waals surface area contributed by atoms with Crippen LogP contribution in [0.15, 0.2) is 61.3 Å². The molecule has 8 heteroatoms. The minimum Gasteiger partial charge on any atom is -0.461 e. The Morgan fingerprint density at radius 2 is 1.83 bits per heavy atom. The number of piperidine rings is 1. The summed E-state index contributed by atoms with van der Waals surface area (Å²) in [7, 11) is 0. The molecule has 0 saturated carbocycles.